The molecule has 2 saturated heterocycles. The smallest absolute Gasteiger partial charge is 0.266 e. The van der Waals surface area contributed by atoms with E-state index in [0.717, 1.165) is 50.8 Å². The van der Waals surface area contributed by atoms with Gasteiger partial charge in [0.05, 0.1) is 17.8 Å². The molecule has 2 aromatic rings. The number of nitrogens with zero attached hydrogens (tertiary/aromatic N) is 3. The van der Waals surface area contributed by atoms with E-state index in [0.29, 0.717) is 24.5 Å². The van der Waals surface area contributed by atoms with Crippen LogP contribution >= 0.6 is 0 Å². The van der Waals surface area contributed by atoms with E-state index < -0.39 is 5.60 Å². The first-order chi connectivity index (χ1) is 13.5. The van der Waals surface area contributed by atoms with Crippen molar-refractivity contribution in [1.29, 1.82) is 0 Å². The van der Waals surface area contributed by atoms with Crippen LogP contribution in [0.2, 0.25) is 0 Å². The molecule has 3 fully saturated rings. The number of hydrogen-bond acceptors (Lipinski definition) is 4. The highest BCUT2D eigenvalue weighted by atomic mass is 16.3. The molecule has 0 radical (unpaired) electrons. The van der Waals surface area contributed by atoms with Gasteiger partial charge in [-0.25, -0.2) is 4.68 Å². The molecule has 28 heavy (non-hydrogen) atoms. The van der Waals surface area contributed by atoms with Gasteiger partial charge in [0.25, 0.3) is 5.56 Å². The molecule has 0 amide bonds. The van der Waals surface area contributed by atoms with Crippen LogP contribution in [-0.4, -0.2) is 37.5 Å². The lowest BCUT2D eigenvalue weighted by molar-refractivity contribution is -0.0678. The summed E-state index contributed by atoms with van der Waals surface area (Å²) in [6, 6.07) is 12.9. The lowest BCUT2D eigenvalue weighted by Gasteiger charge is -2.44. The van der Waals surface area contributed by atoms with Gasteiger partial charge in [0.15, 0.2) is 0 Å². The topological polar surface area (TPSA) is 58.4 Å². The zero-order valence-corrected chi connectivity index (χ0v) is 16.6. The molecule has 1 aromatic carbocycles. The minimum Gasteiger partial charge on any atom is -0.388 e. The fraction of sp³-hybridized carbons (Fsp3) is 0.565. The van der Waals surface area contributed by atoms with Gasteiger partial charge in [-0.15, -0.1) is 0 Å². The Kier molecular flexibility index (Phi) is 4.40. The van der Waals surface area contributed by atoms with Crippen molar-refractivity contribution in [2.24, 2.45) is 0 Å². The van der Waals surface area contributed by atoms with Crippen LogP contribution in [0.25, 0.3) is 0 Å². The van der Waals surface area contributed by atoms with Crippen molar-refractivity contribution < 1.29 is 5.11 Å². The molecular formula is C23H29N3O2. The second-order valence-corrected chi connectivity index (χ2v) is 9.21. The highest BCUT2D eigenvalue weighted by molar-refractivity contribution is 5.23. The number of rotatable bonds is 5. The van der Waals surface area contributed by atoms with Gasteiger partial charge >= 0.3 is 0 Å². The number of piperidine rings is 1. The average molecular weight is 380 g/mol. The van der Waals surface area contributed by atoms with E-state index in [4.69, 9.17) is 0 Å². The molecule has 3 heterocycles. The first kappa shape index (κ1) is 18.1. The highest BCUT2D eigenvalue weighted by Crippen LogP contribution is 2.42. The van der Waals surface area contributed by atoms with Crippen molar-refractivity contribution in [3.05, 3.63) is 63.6 Å². The third kappa shape index (κ3) is 3.53. The van der Waals surface area contributed by atoms with E-state index >= 15 is 0 Å². The maximum Gasteiger partial charge on any atom is 0.266 e. The van der Waals surface area contributed by atoms with Crippen LogP contribution in [-0.2, 0) is 13.1 Å². The maximum atomic E-state index is 12.3. The second-order valence-electron chi connectivity index (χ2n) is 9.21. The Morgan fingerprint density at radius 3 is 2.54 bits per heavy atom. The monoisotopic (exact) mass is 379 g/mol. The minimum absolute atomic E-state index is 0.104. The van der Waals surface area contributed by atoms with Gasteiger partial charge in [-0.05, 0) is 57.1 Å². The van der Waals surface area contributed by atoms with E-state index in [-0.39, 0.29) is 5.56 Å². The number of hydrogen-bond donors (Lipinski definition) is 1. The van der Waals surface area contributed by atoms with Gasteiger partial charge in [0.2, 0.25) is 0 Å². The summed E-state index contributed by atoms with van der Waals surface area (Å²) in [6.45, 7) is 3.40. The maximum absolute atomic E-state index is 12.3. The van der Waals surface area contributed by atoms with Gasteiger partial charge in [-0.3, -0.25) is 9.69 Å². The molecule has 1 saturated carbocycles. The molecule has 148 valence electrons. The Hall–Kier alpha value is -1.98. The number of fused-ring (bicyclic) bond motifs is 2. The Bertz CT molecular complexity index is 919. The first-order valence-corrected chi connectivity index (χ1v) is 10.6. The van der Waals surface area contributed by atoms with Gasteiger partial charge in [0.1, 0.15) is 0 Å². The molecule has 1 unspecified atom stereocenters. The molecule has 3 atom stereocenters. The van der Waals surface area contributed by atoms with E-state index in [1.165, 1.54) is 15.8 Å². The summed E-state index contributed by atoms with van der Waals surface area (Å²) in [5.74, 6) is 0.508. The molecule has 1 aliphatic carbocycles. The quantitative estimate of drug-likeness (QED) is 0.868. The zero-order chi connectivity index (χ0) is 19.3. The Labute approximate surface area is 166 Å². The van der Waals surface area contributed by atoms with Crippen LogP contribution in [0.3, 0.4) is 0 Å². The Morgan fingerprint density at radius 2 is 1.86 bits per heavy atom. The van der Waals surface area contributed by atoms with E-state index in [1.54, 1.807) is 6.07 Å². The average Bonchev–Trinajstić information content (AvgIpc) is 3.45. The van der Waals surface area contributed by atoms with Crippen LogP contribution < -0.4 is 5.56 Å². The summed E-state index contributed by atoms with van der Waals surface area (Å²) in [5, 5.41) is 15.9. The molecule has 5 rings (SSSR count). The summed E-state index contributed by atoms with van der Waals surface area (Å²) < 4.78 is 1.52. The normalized spacial score (nSPS) is 29.9. The summed E-state index contributed by atoms with van der Waals surface area (Å²) in [5.41, 5.74) is 2.70. The van der Waals surface area contributed by atoms with Crippen LogP contribution in [0, 0.1) is 6.92 Å². The fourth-order valence-corrected chi connectivity index (χ4v) is 5.28. The molecule has 2 bridgehead atoms. The molecule has 5 heteroatoms. The molecule has 1 aromatic heterocycles. The van der Waals surface area contributed by atoms with Crippen molar-refractivity contribution >= 4 is 0 Å². The van der Waals surface area contributed by atoms with Gasteiger partial charge in [-0.1, -0.05) is 29.8 Å². The molecule has 3 aliphatic rings. The molecule has 5 nitrogen and oxygen atoms in total. The van der Waals surface area contributed by atoms with E-state index in [1.807, 2.05) is 6.07 Å². The lowest BCUT2D eigenvalue weighted by Crippen LogP contribution is -2.53. The van der Waals surface area contributed by atoms with Crippen molar-refractivity contribution in [2.75, 3.05) is 0 Å². The van der Waals surface area contributed by atoms with Crippen molar-refractivity contribution in [2.45, 2.75) is 82.1 Å². The molecular weight excluding hydrogens is 350 g/mol. The summed E-state index contributed by atoms with van der Waals surface area (Å²) in [7, 11) is 0. The fourth-order valence-electron chi connectivity index (χ4n) is 5.28. The largest absolute Gasteiger partial charge is 0.388 e. The first-order valence-electron chi connectivity index (χ1n) is 10.6. The minimum atomic E-state index is -0.839. The third-order valence-corrected chi connectivity index (χ3v) is 6.78. The second kappa shape index (κ2) is 6.82. The van der Waals surface area contributed by atoms with Crippen LogP contribution in [0.5, 0.6) is 0 Å². The summed E-state index contributed by atoms with van der Waals surface area (Å²) in [6.07, 6.45) is 6.02. The van der Waals surface area contributed by atoms with Crippen molar-refractivity contribution in [3.63, 3.8) is 0 Å². The SMILES string of the molecule is Cc1cccc(CN2[C@@H]3CC[C@H]2CC(O)(Cn2nc(C4CC4)ccc2=O)C3)c1. The number of aryl methyl sites for hydroxylation is 1. The lowest BCUT2D eigenvalue weighted by atomic mass is 9.85. The number of aliphatic hydroxyl groups is 1. The molecule has 2 aliphatic heterocycles. The predicted molar refractivity (Wildman–Crippen MR) is 108 cm³/mol. The molecule has 0 spiro atoms. The predicted octanol–water partition coefficient (Wildman–Crippen LogP) is 2.99. The van der Waals surface area contributed by atoms with Crippen LogP contribution in [0.4, 0.5) is 0 Å². The number of aromatic nitrogens is 2. The van der Waals surface area contributed by atoms with E-state index in [2.05, 4.69) is 41.2 Å². The van der Waals surface area contributed by atoms with Gasteiger partial charge in [0, 0.05) is 30.6 Å². The molecule has 1 N–H and O–H groups in total. The van der Waals surface area contributed by atoms with Gasteiger partial charge < -0.3 is 5.11 Å². The Morgan fingerprint density at radius 1 is 1.11 bits per heavy atom. The van der Waals surface area contributed by atoms with E-state index in [9.17, 15) is 9.90 Å². The third-order valence-electron chi connectivity index (χ3n) is 6.78. The standard InChI is InChI=1S/C23H29N3O2/c1-16-3-2-4-17(11-16)14-25-19-7-8-20(25)13-23(28,12-19)15-26-22(27)10-9-21(24-26)18-5-6-18/h2-4,9-11,18-20,28H,5-8,12-15H2,1H3/t19-,20+,23?. The van der Waals surface area contributed by atoms with Gasteiger partial charge in [-0.2, -0.15) is 5.10 Å². The van der Waals surface area contributed by atoms with Crippen LogP contribution in [0.15, 0.2) is 41.2 Å². The van der Waals surface area contributed by atoms with Crippen molar-refractivity contribution in [3.8, 4) is 0 Å². The highest BCUT2D eigenvalue weighted by Gasteiger charge is 2.47. The zero-order valence-electron chi connectivity index (χ0n) is 16.6. The Balaban J connectivity index is 1.32. The van der Waals surface area contributed by atoms with Crippen molar-refractivity contribution in [1.82, 2.24) is 14.7 Å². The van der Waals surface area contributed by atoms with Crippen LogP contribution in [0.1, 0.15) is 61.3 Å². The number of benzene rings is 1. The summed E-state index contributed by atoms with van der Waals surface area (Å²) in [4.78, 5) is 14.9. The summed E-state index contributed by atoms with van der Waals surface area (Å²) >= 11 is 0.